The average molecular weight is 372 g/mol. The zero-order chi connectivity index (χ0) is 19.2. The Hall–Kier alpha value is -1.91. The fourth-order valence-corrected chi connectivity index (χ4v) is 2.52. The summed E-state index contributed by atoms with van der Waals surface area (Å²) in [5.41, 5.74) is 0. The molecule has 1 aliphatic heterocycles. The second kappa shape index (κ2) is 13.3. The second-order valence-corrected chi connectivity index (χ2v) is 5.85. The van der Waals surface area contributed by atoms with Crippen LogP contribution in [0.15, 0.2) is 4.99 Å². The molecule has 26 heavy (non-hydrogen) atoms. The summed E-state index contributed by atoms with van der Waals surface area (Å²) in [4.78, 5) is 32.0. The predicted molar refractivity (Wildman–Crippen MR) is 99.1 cm³/mol. The molecule has 0 spiro atoms. The van der Waals surface area contributed by atoms with E-state index in [2.05, 4.69) is 30.7 Å². The largest absolute Gasteiger partial charge is 0.383 e. The lowest BCUT2D eigenvalue weighted by atomic mass is 10.3. The lowest BCUT2D eigenvalue weighted by Crippen LogP contribution is -2.55. The Bertz CT molecular complexity index is 452. The highest BCUT2D eigenvalue weighted by Crippen LogP contribution is 2.01. The smallest absolute Gasteiger partial charge is 0.239 e. The van der Waals surface area contributed by atoms with Crippen LogP contribution in [-0.2, 0) is 19.1 Å². The van der Waals surface area contributed by atoms with Crippen molar-refractivity contribution in [1.82, 2.24) is 25.8 Å². The first-order chi connectivity index (χ1) is 12.6. The van der Waals surface area contributed by atoms with E-state index in [1.807, 2.05) is 0 Å². The van der Waals surface area contributed by atoms with E-state index in [0.717, 1.165) is 26.2 Å². The monoisotopic (exact) mass is 372 g/mol. The van der Waals surface area contributed by atoms with E-state index in [0.29, 0.717) is 38.8 Å². The molecule has 0 aromatic heterocycles. The van der Waals surface area contributed by atoms with Crippen LogP contribution in [0.4, 0.5) is 0 Å². The Balaban J connectivity index is 2.27. The van der Waals surface area contributed by atoms with Gasteiger partial charge in [0.1, 0.15) is 0 Å². The number of hydrogen-bond acceptors (Lipinski definition) is 6. The Morgan fingerprint density at radius 2 is 1.50 bits per heavy atom. The number of carbonyl (C=O) groups is 2. The van der Waals surface area contributed by atoms with Gasteiger partial charge in [-0.05, 0) is 0 Å². The first-order valence-corrected chi connectivity index (χ1v) is 8.80. The molecule has 0 bridgehead atoms. The van der Waals surface area contributed by atoms with Gasteiger partial charge in [-0.3, -0.25) is 19.5 Å². The number of aliphatic imine (C=N–C) groups is 1. The SMILES string of the molecule is CN=C(NCC(=O)NCCOC)N1CCN(CC(=O)NCCOC)CC1. The maximum Gasteiger partial charge on any atom is 0.239 e. The highest BCUT2D eigenvalue weighted by Gasteiger charge is 2.21. The maximum atomic E-state index is 11.8. The Kier molecular flexibility index (Phi) is 11.3. The van der Waals surface area contributed by atoms with Gasteiger partial charge in [0.25, 0.3) is 0 Å². The van der Waals surface area contributed by atoms with Crippen molar-refractivity contribution in [3.63, 3.8) is 0 Å². The Labute approximate surface area is 155 Å². The fraction of sp³-hybridized carbons (Fsp3) is 0.812. The van der Waals surface area contributed by atoms with Crippen LogP contribution >= 0.6 is 0 Å². The first kappa shape index (κ1) is 22.1. The maximum absolute atomic E-state index is 11.8. The first-order valence-electron chi connectivity index (χ1n) is 8.80. The normalized spacial score (nSPS) is 15.7. The minimum absolute atomic E-state index is 0.00531. The van der Waals surface area contributed by atoms with Gasteiger partial charge in [0.2, 0.25) is 11.8 Å². The molecular formula is C16H32N6O4. The average Bonchev–Trinajstić information content (AvgIpc) is 2.64. The summed E-state index contributed by atoms with van der Waals surface area (Å²) < 4.78 is 9.80. The van der Waals surface area contributed by atoms with E-state index < -0.39 is 0 Å². The number of piperazine rings is 1. The van der Waals surface area contributed by atoms with Crippen LogP contribution in [0.1, 0.15) is 0 Å². The highest BCUT2D eigenvalue weighted by molar-refractivity contribution is 5.86. The molecule has 0 saturated carbocycles. The lowest BCUT2D eigenvalue weighted by Gasteiger charge is -2.36. The van der Waals surface area contributed by atoms with Crippen LogP contribution in [-0.4, -0.2) is 114 Å². The number of ether oxygens (including phenoxy) is 2. The summed E-state index contributed by atoms with van der Waals surface area (Å²) in [6.45, 7) is 5.58. The quantitative estimate of drug-likeness (QED) is 0.225. The zero-order valence-corrected chi connectivity index (χ0v) is 16.0. The Morgan fingerprint density at radius 3 is 2.04 bits per heavy atom. The molecule has 1 aliphatic rings. The van der Waals surface area contributed by atoms with Crippen molar-refractivity contribution in [2.24, 2.45) is 4.99 Å². The molecule has 10 heteroatoms. The van der Waals surface area contributed by atoms with Crippen LogP contribution < -0.4 is 16.0 Å². The third kappa shape index (κ3) is 8.97. The third-order valence-electron chi connectivity index (χ3n) is 3.91. The Morgan fingerprint density at radius 1 is 0.923 bits per heavy atom. The standard InChI is InChI=1S/C16H32N6O4/c1-17-16(20-12-14(23)18-4-10-25-2)22-8-6-21(7-9-22)13-15(24)19-5-11-26-3/h4-13H2,1-3H3,(H,17,20)(H,18,23)(H,19,24). The van der Waals surface area contributed by atoms with Crippen molar-refractivity contribution in [3.8, 4) is 0 Å². The van der Waals surface area contributed by atoms with Crippen LogP contribution in [0.3, 0.4) is 0 Å². The van der Waals surface area contributed by atoms with E-state index in [9.17, 15) is 9.59 Å². The fourth-order valence-electron chi connectivity index (χ4n) is 2.52. The third-order valence-corrected chi connectivity index (χ3v) is 3.91. The number of nitrogens with zero attached hydrogens (tertiary/aromatic N) is 3. The number of guanidine groups is 1. The molecule has 1 heterocycles. The number of amides is 2. The van der Waals surface area contributed by atoms with Crippen molar-refractivity contribution >= 4 is 17.8 Å². The van der Waals surface area contributed by atoms with E-state index in [1.165, 1.54) is 0 Å². The summed E-state index contributed by atoms with van der Waals surface area (Å²) in [6.07, 6.45) is 0. The zero-order valence-electron chi connectivity index (χ0n) is 16.0. The molecule has 150 valence electrons. The van der Waals surface area contributed by atoms with Gasteiger partial charge in [-0.15, -0.1) is 0 Å². The predicted octanol–water partition coefficient (Wildman–Crippen LogP) is -2.30. The van der Waals surface area contributed by atoms with Crippen LogP contribution in [0.2, 0.25) is 0 Å². The number of hydrogen-bond donors (Lipinski definition) is 3. The van der Waals surface area contributed by atoms with Gasteiger partial charge in [-0.25, -0.2) is 0 Å². The van der Waals surface area contributed by atoms with E-state index in [-0.39, 0.29) is 18.4 Å². The van der Waals surface area contributed by atoms with Gasteiger partial charge in [0.15, 0.2) is 5.96 Å². The summed E-state index contributed by atoms with van der Waals surface area (Å²) in [6, 6.07) is 0. The minimum atomic E-state index is -0.102. The number of methoxy groups -OCH3 is 2. The summed E-state index contributed by atoms with van der Waals surface area (Å²) >= 11 is 0. The van der Waals surface area contributed by atoms with Crippen LogP contribution in [0.5, 0.6) is 0 Å². The number of rotatable bonds is 10. The molecule has 1 rings (SSSR count). The number of carbonyl (C=O) groups excluding carboxylic acids is 2. The molecule has 0 radical (unpaired) electrons. The topological polar surface area (TPSA) is 108 Å². The van der Waals surface area contributed by atoms with Gasteiger partial charge in [-0.2, -0.15) is 0 Å². The number of nitrogens with one attached hydrogen (secondary N) is 3. The summed E-state index contributed by atoms with van der Waals surface area (Å²) in [5, 5.41) is 8.64. The van der Waals surface area contributed by atoms with Gasteiger partial charge in [0, 0.05) is 60.5 Å². The molecular weight excluding hydrogens is 340 g/mol. The van der Waals surface area contributed by atoms with Gasteiger partial charge in [-0.1, -0.05) is 0 Å². The van der Waals surface area contributed by atoms with Crippen LogP contribution in [0.25, 0.3) is 0 Å². The van der Waals surface area contributed by atoms with Gasteiger partial charge < -0.3 is 30.3 Å². The minimum Gasteiger partial charge on any atom is -0.383 e. The molecule has 1 saturated heterocycles. The van der Waals surface area contributed by atoms with Gasteiger partial charge >= 0.3 is 0 Å². The van der Waals surface area contributed by atoms with E-state index in [4.69, 9.17) is 9.47 Å². The lowest BCUT2D eigenvalue weighted by molar-refractivity contribution is -0.123. The van der Waals surface area contributed by atoms with Crippen molar-refractivity contribution in [2.45, 2.75) is 0 Å². The van der Waals surface area contributed by atoms with Gasteiger partial charge in [0.05, 0.1) is 26.3 Å². The molecule has 10 nitrogen and oxygen atoms in total. The second-order valence-electron chi connectivity index (χ2n) is 5.85. The van der Waals surface area contributed by atoms with Crippen LogP contribution in [0, 0.1) is 0 Å². The molecule has 1 fully saturated rings. The molecule has 3 N–H and O–H groups in total. The molecule has 0 atom stereocenters. The molecule has 0 aliphatic carbocycles. The van der Waals surface area contributed by atoms with Crippen molar-refractivity contribution in [2.75, 3.05) is 86.8 Å². The van der Waals surface area contributed by atoms with Crippen molar-refractivity contribution in [3.05, 3.63) is 0 Å². The molecule has 0 aromatic rings. The summed E-state index contributed by atoms with van der Waals surface area (Å²) in [5.74, 6) is 0.594. The van der Waals surface area contributed by atoms with E-state index in [1.54, 1.807) is 21.3 Å². The molecule has 2 amide bonds. The van der Waals surface area contributed by atoms with E-state index >= 15 is 0 Å². The summed E-state index contributed by atoms with van der Waals surface area (Å²) in [7, 11) is 4.89. The van der Waals surface area contributed by atoms with Crippen molar-refractivity contribution < 1.29 is 19.1 Å². The molecule has 0 aromatic carbocycles. The molecule has 0 unspecified atom stereocenters. The van der Waals surface area contributed by atoms with Crippen molar-refractivity contribution in [1.29, 1.82) is 0 Å². The highest BCUT2D eigenvalue weighted by atomic mass is 16.5.